The number of aromatic nitrogens is 4. The van der Waals surface area contributed by atoms with Gasteiger partial charge >= 0.3 is 0 Å². The van der Waals surface area contributed by atoms with Gasteiger partial charge < -0.3 is 5.32 Å². The van der Waals surface area contributed by atoms with Crippen molar-refractivity contribution in [3.63, 3.8) is 0 Å². The first kappa shape index (κ1) is 18.0. The maximum absolute atomic E-state index is 12.8. The zero-order valence-corrected chi connectivity index (χ0v) is 15.7. The summed E-state index contributed by atoms with van der Waals surface area (Å²) in [5, 5.41) is 7.23. The zero-order valence-electron chi connectivity index (χ0n) is 15.7. The Hall–Kier alpha value is -2.76. The molecule has 0 saturated heterocycles. The van der Waals surface area contributed by atoms with Gasteiger partial charge in [-0.25, -0.2) is 4.98 Å². The lowest BCUT2D eigenvalue weighted by atomic mass is 9.95. The van der Waals surface area contributed by atoms with Crippen LogP contribution in [0.3, 0.4) is 0 Å². The van der Waals surface area contributed by atoms with Gasteiger partial charge in [0.15, 0.2) is 0 Å². The molecule has 136 valence electrons. The van der Waals surface area contributed by atoms with Crippen LogP contribution in [0.1, 0.15) is 72.9 Å². The van der Waals surface area contributed by atoms with Crippen LogP contribution in [0.15, 0.2) is 36.7 Å². The smallest absolute Gasteiger partial charge is 0.270 e. The predicted octanol–water partition coefficient (Wildman–Crippen LogP) is 3.83. The molecule has 6 heteroatoms. The van der Waals surface area contributed by atoms with Gasteiger partial charge in [-0.2, -0.15) is 14.6 Å². The first-order valence-corrected chi connectivity index (χ1v) is 9.11. The van der Waals surface area contributed by atoms with Gasteiger partial charge in [-0.3, -0.25) is 4.79 Å². The minimum Gasteiger partial charge on any atom is -0.344 e. The van der Waals surface area contributed by atoms with Crippen molar-refractivity contribution in [1.82, 2.24) is 24.9 Å². The first-order chi connectivity index (χ1) is 12.5. The predicted molar refractivity (Wildman–Crippen MR) is 101 cm³/mol. The summed E-state index contributed by atoms with van der Waals surface area (Å²) in [5.41, 5.74) is 3.61. The lowest BCUT2D eigenvalue weighted by Gasteiger charge is -2.19. The van der Waals surface area contributed by atoms with Crippen LogP contribution in [0.2, 0.25) is 0 Å². The molecule has 0 radical (unpaired) electrons. The Morgan fingerprint density at radius 3 is 2.50 bits per heavy atom. The molecule has 1 N–H and O–H groups in total. The van der Waals surface area contributed by atoms with Gasteiger partial charge in [0.1, 0.15) is 12.0 Å². The maximum atomic E-state index is 12.8. The van der Waals surface area contributed by atoms with E-state index >= 15 is 0 Å². The summed E-state index contributed by atoms with van der Waals surface area (Å²) in [6.45, 7) is 8.32. The minimum atomic E-state index is -0.177. The Kier molecular flexibility index (Phi) is 5.30. The van der Waals surface area contributed by atoms with Gasteiger partial charge in [0.25, 0.3) is 11.7 Å². The van der Waals surface area contributed by atoms with Crippen LogP contribution in [0.4, 0.5) is 0 Å². The van der Waals surface area contributed by atoms with Gasteiger partial charge in [-0.05, 0) is 42.9 Å². The molecule has 3 aromatic rings. The first-order valence-electron chi connectivity index (χ1n) is 9.11. The standard InChI is InChI=1S/C20H25N5O/c1-5-13(3)15-7-9-16(10-8-15)17(6-2)24-19(26)18-11-14(4)23-20-21-12-22-25(18)20/h7-13,17H,5-6H2,1-4H3,(H,24,26)/t13-,17-/m0/s1. The van der Waals surface area contributed by atoms with E-state index in [0.717, 1.165) is 24.1 Å². The third-order valence-corrected chi connectivity index (χ3v) is 4.85. The number of hydrogen-bond acceptors (Lipinski definition) is 4. The largest absolute Gasteiger partial charge is 0.344 e. The van der Waals surface area contributed by atoms with Gasteiger partial charge in [0.05, 0.1) is 6.04 Å². The SMILES string of the molecule is CC[C@H](NC(=O)c1cc(C)nc2ncnn12)c1ccc([C@@H](C)CC)cc1. The molecular weight excluding hydrogens is 326 g/mol. The highest BCUT2D eigenvalue weighted by molar-refractivity contribution is 5.93. The van der Waals surface area contributed by atoms with Gasteiger partial charge in [-0.1, -0.05) is 45.0 Å². The number of benzene rings is 1. The number of rotatable bonds is 6. The molecule has 0 aliphatic heterocycles. The fraction of sp³-hybridized carbons (Fsp3) is 0.400. The van der Waals surface area contributed by atoms with E-state index in [1.54, 1.807) is 6.07 Å². The highest BCUT2D eigenvalue weighted by atomic mass is 16.2. The Labute approximate surface area is 153 Å². The molecule has 2 heterocycles. The number of nitrogens with one attached hydrogen (secondary N) is 1. The van der Waals surface area contributed by atoms with Crippen LogP contribution >= 0.6 is 0 Å². The third-order valence-electron chi connectivity index (χ3n) is 4.85. The van der Waals surface area contributed by atoms with E-state index in [-0.39, 0.29) is 11.9 Å². The van der Waals surface area contributed by atoms with Gasteiger partial charge in [0.2, 0.25) is 0 Å². The quantitative estimate of drug-likeness (QED) is 0.732. The molecule has 0 bridgehead atoms. The number of fused-ring (bicyclic) bond motifs is 1. The summed E-state index contributed by atoms with van der Waals surface area (Å²) >= 11 is 0. The molecule has 0 aliphatic rings. The molecule has 6 nitrogen and oxygen atoms in total. The second-order valence-corrected chi connectivity index (χ2v) is 6.66. The maximum Gasteiger partial charge on any atom is 0.270 e. The highest BCUT2D eigenvalue weighted by Crippen LogP contribution is 2.23. The molecule has 3 rings (SSSR count). The van der Waals surface area contributed by atoms with Crippen LogP contribution in [0.5, 0.6) is 0 Å². The molecule has 0 spiro atoms. The van der Waals surface area contributed by atoms with Crippen LogP contribution < -0.4 is 5.32 Å². The van der Waals surface area contributed by atoms with Crippen molar-refractivity contribution in [1.29, 1.82) is 0 Å². The summed E-state index contributed by atoms with van der Waals surface area (Å²) in [6.07, 6.45) is 3.32. The monoisotopic (exact) mass is 351 g/mol. The fourth-order valence-corrected chi connectivity index (χ4v) is 3.04. The Morgan fingerprint density at radius 1 is 1.15 bits per heavy atom. The summed E-state index contributed by atoms with van der Waals surface area (Å²) in [4.78, 5) is 21.2. The van der Waals surface area contributed by atoms with Crippen molar-refractivity contribution in [2.45, 2.75) is 52.5 Å². The molecule has 0 saturated carbocycles. The van der Waals surface area contributed by atoms with Crippen LogP contribution in [-0.2, 0) is 0 Å². The molecule has 0 fully saturated rings. The lowest BCUT2D eigenvalue weighted by molar-refractivity contribution is 0.0927. The summed E-state index contributed by atoms with van der Waals surface area (Å²) in [6, 6.07) is 10.2. The second kappa shape index (κ2) is 7.64. The fourth-order valence-electron chi connectivity index (χ4n) is 3.04. The average molecular weight is 351 g/mol. The average Bonchev–Trinajstić information content (AvgIpc) is 3.13. The lowest BCUT2D eigenvalue weighted by Crippen LogP contribution is -2.30. The molecule has 0 aliphatic carbocycles. The Morgan fingerprint density at radius 2 is 1.85 bits per heavy atom. The summed E-state index contributed by atoms with van der Waals surface area (Å²) < 4.78 is 1.47. The van der Waals surface area contributed by atoms with Crippen molar-refractivity contribution < 1.29 is 4.79 Å². The second-order valence-electron chi connectivity index (χ2n) is 6.66. The van der Waals surface area contributed by atoms with Crippen molar-refractivity contribution in [2.75, 3.05) is 0 Å². The van der Waals surface area contributed by atoms with Crippen molar-refractivity contribution in [3.8, 4) is 0 Å². The number of carbonyl (C=O) groups excluding carboxylic acids is 1. The number of nitrogens with zero attached hydrogens (tertiary/aromatic N) is 4. The summed E-state index contributed by atoms with van der Waals surface area (Å²) in [5.74, 6) is 0.795. The molecule has 2 atom stereocenters. The van der Waals surface area contributed by atoms with E-state index in [2.05, 4.69) is 65.4 Å². The molecule has 2 aromatic heterocycles. The highest BCUT2D eigenvalue weighted by Gasteiger charge is 2.18. The Balaban J connectivity index is 1.83. The van der Waals surface area contributed by atoms with Gasteiger partial charge in [0, 0.05) is 5.69 Å². The van der Waals surface area contributed by atoms with E-state index in [1.165, 1.54) is 16.4 Å². The number of hydrogen-bond donors (Lipinski definition) is 1. The number of carbonyl (C=O) groups is 1. The summed E-state index contributed by atoms with van der Waals surface area (Å²) in [7, 11) is 0. The molecule has 0 unspecified atom stereocenters. The number of amides is 1. The number of aryl methyl sites for hydroxylation is 1. The van der Waals surface area contributed by atoms with Crippen LogP contribution in [0.25, 0.3) is 5.78 Å². The van der Waals surface area contributed by atoms with Crippen molar-refractivity contribution in [3.05, 3.63) is 59.2 Å². The van der Waals surface area contributed by atoms with Crippen LogP contribution in [0, 0.1) is 6.92 Å². The van der Waals surface area contributed by atoms with E-state index in [1.807, 2.05) is 6.92 Å². The van der Waals surface area contributed by atoms with Crippen LogP contribution in [-0.4, -0.2) is 25.5 Å². The van der Waals surface area contributed by atoms with E-state index in [0.29, 0.717) is 17.4 Å². The molecule has 26 heavy (non-hydrogen) atoms. The van der Waals surface area contributed by atoms with Crippen molar-refractivity contribution in [2.24, 2.45) is 0 Å². The Bertz CT molecular complexity index is 900. The van der Waals surface area contributed by atoms with E-state index in [9.17, 15) is 4.79 Å². The zero-order chi connectivity index (χ0) is 18.7. The normalized spacial score (nSPS) is 13.5. The van der Waals surface area contributed by atoms with E-state index < -0.39 is 0 Å². The topological polar surface area (TPSA) is 72.2 Å². The van der Waals surface area contributed by atoms with Crippen molar-refractivity contribution >= 4 is 11.7 Å². The van der Waals surface area contributed by atoms with E-state index in [4.69, 9.17) is 0 Å². The van der Waals surface area contributed by atoms with Gasteiger partial charge in [-0.15, -0.1) is 0 Å². The molecule has 1 amide bonds. The minimum absolute atomic E-state index is 0.0551. The molecular formula is C20H25N5O. The molecule has 1 aromatic carbocycles. The third kappa shape index (κ3) is 3.59.